The van der Waals surface area contributed by atoms with Gasteiger partial charge >= 0.3 is 0 Å². The molecular formula is C28H26N4O2. The number of nitrogens with zero attached hydrogens (tertiary/aromatic N) is 3. The molecule has 0 atom stereocenters. The molecule has 2 aliphatic rings. The van der Waals surface area contributed by atoms with Crippen LogP contribution >= 0.6 is 0 Å². The zero-order chi connectivity index (χ0) is 22.9. The predicted octanol–water partition coefficient (Wildman–Crippen LogP) is 5.61. The van der Waals surface area contributed by atoms with Gasteiger partial charge in [0.25, 0.3) is 0 Å². The molecule has 1 N–H and O–H groups in total. The van der Waals surface area contributed by atoms with Crippen LogP contribution in [0.25, 0.3) is 11.3 Å². The average molecular weight is 451 g/mol. The van der Waals surface area contributed by atoms with Gasteiger partial charge in [0.15, 0.2) is 0 Å². The number of fused-ring (bicyclic) bond motifs is 2. The van der Waals surface area contributed by atoms with Crippen LogP contribution in [-0.4, -0.2) is 20.7 Å². The first-order valence-corrected chi connectivity index (χ1v) is 11.9. The lowest BCUT2D eigenvalue weighted by molar-refractivity contribution is -0.122. The van der Waals surface area contributed by atoms with Gasteiger partial charge in [-0.15, -0.1) is 0 Å². The number of rotatable bonds is 5. The van der Waals surface area contributed by atoms with Crippen LogP contribution in [0.15, 0.2) is 79.1 Å². The summed E-state index contributed by atoms with van der Waals surface area (Å²) in [4.78, 5) is 17.7. The normalized spacial score (nSPS) is 15.4. The Hall–Kier alpha value is -3.93. The van der Waals surface area contributed by atoms with Crippen molar-refractivity contribution in [3.63, 3.8) is 0 Å². The van der Waals surface area contributed by atoms with E-state index in [2.05, 4.69) is 21.0 Å². The summed E-state index contributed by atoms with van der Waals surface area (Å²) in [5.74, 6) is 0.987. The third-order valence-corrected chi connectivity index (χ3v) is 6.82. The van der Waals surface area contributed by atoms with Crippen molar-refractivity contribution >= 4 is 5.91 Å². The fourth-order valence-corrected chi connectivity index (χ4v) is 5.17. The molecule has 1 aliphatic heterocycles. The smallest absolute Gasteiger partial charge is 0.232 e. The van der Waals surface area contributed by atoms with Crippen molar-refractivity contribution in [2.75, 3.05) is 0 Å². The van der Waals surface area contributed by atoms with Crippen LogP contribution in [0.4, 0.5) is 0 Å². The molecule has 170 valence electrons. The number of ether oxygens (including phenoxy) is 1. The highest BCUT2D eigenvalue weighted by molar-refractivity contribution is 5.89. The molecule has 34 heavy (non-hydrogen) atoms. The molecule has 0 spiro atoms. The first-order chi connectivity index (χ1) is 16.8. The Labute approximate surface area is 198 Å². The van der Waals surface area contributed by atoms with Gasteiger partial charge in [0.1, 0.15) is 11.5 Å². The van der Waals surface area contributed by atoms with Gasteiger partial charge in [-0.3, -0.25) is 14.5 Å². The molecule has 1 amide bonds. The molecule has 6 nitrogen and oxygen atoms in total. The number of nitrogens with one attached hydrogen (secondary N) is 1. The lowest BCUT2D eigenvalue weighted by Gasteiger charge is -2.27. The fourth-order valence-electron chi connectivity index (χ4n) is 5.17. The number of carbonyl (C=O) groups excluding carboxylic acids is 1. The van der Waals surface area contributed by atoms with E-state index in [0.29, 0.717) is 12.6 Å². The third-order valence-electron chi connectivity index (χ3n) is 6.82. The van der Waals surface area contributed by atoms with Gasteiger partial charge in [-0.1, -0.05) is 49.2 Å². The first-order valence-electron chi connectivity index (χ1n) is 11.9. The summed E-state index contributed by atoms with van der Waals surface area (Å²) < 4.78 is 8.20. The zero-order valence-corrected chi connectivity index (χ0v) is 18.9. The van der Waals surface area contributed by atoms with Crippen LogP contribution in [0.1, 0.15) is 54.5 Å². The number of hydrogen-bond donors (Lipinski definition) is 1. The second-order valence-corrected chi connectivity index (χ2v) is 8.97. The Kier molecular flexibility index (Phi) is 5.34. The molecule has 0 unspecified atom stereocenters. The summed E-state index contributed by atoms with van der Waals surface area (Å²) in [6.45, 7) is 0.373. The van der Waals surface area contributed by atoms with Gasteiger partial charge in [-0.25, -0.2) is 0 Å². The molecule has 6 heteroatoms. The van der Waals surface area contributed by atoms with E-state index in [0.717, 1.165) is 52.4 Å². The molecular weight excluding hydrogens is 424 g/mol. The van der Waals surface area contributed by atoms with Crippen LogP contribution < -0.4 is 10.1 Å². The van der Waals surface area contributed by atoms with Crippen molar-refractivity contribution in [2.45, 2.75) is 44.2 Å². The summed E-state index contributed by atoms with van der Waals surface area (Å²) >= 11 is 0. The van der Waals surface area contributed by atoms with E-state index in [1.165, 1.54) is 12.8 Å². The lowest BCUT2D eigenvalue weighted by Crippen LogP contribution is -2.31. The van der Waals surface area contributed by atoms with Crippen molar-refractivity contribution in [3.8, 4) is 22.8 Å². The predicted molar refractivity (Wildman–Crippen MR) is 130 cm³/mol. The molecule has 0 bridgehead atoms. The number of pyridine rings is 1. The quantitative estimate of drug-likeness (QED) is 0.429. The number of aromatic nitrogens is 3. The minimum atomic E-state index is -0.419. The number of amides is 1. The SMILES string of the molecule is O=C(NCc1cc(-c2ccncc2)n(C2CCCC2)n1)C1c2ccccc2Oc2ccccc21. The Morgan fingerprint density at radius 3 is 2.26 bits per heavy atom. The van der Waals surface area contributed by atoms with Crippen molar-refractivity contribution in [2.24, 2.45) is 0 Å². The van der Waals surface area contributed by atoms with E-state index in [1.54, 1.807) is 0 Å². The molecule has 1 saturated carbocycles. The maximum atomic E-state index is 13.5. The zero-order valence-electron chi connectivity index (χ0n) is 18.9. The minimum Gasteiger partial charge on any atom is -0.457 e. The molecule has 2 aromatic carbocycles. The first kappa shape index (κ1) is 20.7. The Morgan fingerprint density at radius 2 is 1.59 bits per heavy atom. The Balaban J connectivity index is 1.28. The van der Waals surface area contributed by atoms with Crippen LogP contribution in [0, 0.1) is 0 Å². The molecule has 1 fully saturated rings. The van der Waals surface area contributed by atoms with Crippen molar-refractivity contribution in [3.05, 3.63) is 95.9 Å². The topological polar surface area (TPSA) is 69.0 Å². The number of para-hydroxylation sites is 2. The summed E-state index contributed by atoms with van der Waals surface area (Å²) in [6, 6.07) is 22.0. The third kappa shape index (κ3) is 3.75. The van der Waals surface area contributed by atoms with Gasteiger partial charge in [-0.2, -0.15) is 5.10 Å². The number of carbonyl (C=O) groups is 1. The molecule has 4 aromatic rings. The summed E-state index contributed by atoms with van der Waals surface area (Å²) in [6.07, 6.45) is 8.36. The second kappa shape index (κ2) is 8.78. The molecule has 2 aromatic heterocycles. The van der Waals surface area contributed by atoms with E-state index >= 15 is 0 Å². The average Bonchev–Trinajstić information content (AvgIpc) is 3.56. The van der Waals surface area contributed by atoms with E-state index in [1.807, 2.05) is 73.1 Å². The maximum absolute atomic E-state index is 13.5. The summed E-state index contributed by atoms with van der Waals surface area (Å²) in [7, 11) is 0. The fraction of sp³-hybridized carbons (Fsp3) is 0.250. The number of hydrogen-bond acceptors (Lipinski definition) is 4. The van der Waals surface area contributed by atoms with Crippen LogP contribution in [0.3, 0.4) is 0 Å². The van der Waals surface area contributed by atoms with Crippen molar-refractivity contribution < 1.29 is 9.53 Å². The van der Waals surface area contributed by atoms with E-state index in [-0.39, 0.29) is 5.91 Å². The van der Waals surface area contributed by atoms with Gasteiger partial charge in [-0.05, 0) is 43.2 Å². The highest BCUT2D eigenvalue weighted by Crippen LogP contribution is 2.44. The summed E-state index contributed by atoms with van der Waals surface area (Å²) in [5, 5.41) is 8.08. The highest BCUT2D eigenvalue weighted by atomic mass is 16.5. The van der Waals surface area contributed by atoms with Gasteiger partial charge < -0.3 is 10.1 Å². The van der Waals surface area contributed by atoms with Crippen molar-refractivity contribution in [1.82, 2.24) is 20.1 Å². The molecule has 0 saturated heterocycles. The minimum absolute atomic E-state index is 0.0518. The van der Waals surface area contributed by atoms with E-state index in [9.17, 15) is 4.79 Å². The van der Waals surface area contributed by atoms with Crippen LogP contribution in [0.2, 0.25) is 0 Å². The second-order valence-electron chi connectivity index (χ2n) is 8.97. The molecule has 1 aliphatic carbocycles. The van der Waals surface area contributed by atoms with E-state index in [4.69, 9.17) is 9.84 Å². The molecule has 6 rings (SSSR count). The Morgan fingerprint density at radius 1 is 0.941 bits per heavy atom. The van der Waals surface area contributed by atoms with Crippen molar-refractivity contribution in [1.29, 1.82) is 0 Å². The van der Waals surface area contributed by atoms with Gasteiger partial charge in [0.2, 0.25) is 5.91 Å². The van der Waals surface area contributed by atoms with Crippen LogP contribution in [-0.2, 0) is 11.3 Å². The molecule has 3 heterocycles. The standard InChI is InChI=1S/C28H26N4O2/c33-28(27-22-9-3-5-11-25(22)34-26-12-6-4-10-23(26)27)30-18-20-17-24(19-13-15-29-16-14-19)32(31-20)21-7-1-2-8-21/h3-6,9-17,21,27H,1-2,7-8,18H2,(H,30,33). The Bertz CT molecular complexity index is 1280. The maximum Gasteiger partial charge on any atom is 0.232 e. The summed E-state index contributed by atoms with van der Waals surface area (Å²) in [5.41, 5.74) is 4.81. The largest absolute Gasteiger partial charge is 0.457 e. The lowest BCUT2D eigenvalue weighted by atomic mass is 9.87. The van der Waals surface area contributed by atoms with Gasteiger partial charge in [0.05, 0.1) is 29.9 Å². The van der Waals surface area contributed by atoms with Gasteiger partial charge in [0, 0.05) is 29.1 Å². The highest BCUT2D eigenvalue weighted by Gasteiger charge is 2.32. The van der Waals surface area contributed by atoms with E-state index < -0.39 is 5.92 Å². The molecule has 0 radical (unpaired) electrons. The van der Waals surface area contributed by atoms with Crippen LogP contribution in [0.5, 0.6) is 11.5 Å². The monoisotopic (exact) mass is 450 g/mol. The number of benzene rings is 2.